The maximum Gasteiger partial charge on any atom is 0.302 e. The van der Waals surface area contributed by atoms with Gasteiger partial charge in [-0.1, -0.05) is 6.08 Å². The van der Waals surface area contributed by atoms with Gasteiger partial charge in [-0.3, -0.25) is 4.79 Å². The van der Waals surface area contributed by atoms with Crippen molar-refractivity contribution in [1.29, 1.82) is 0 Å². The predicted octanol–water partition coefficient (Wildman–Crippen LogP) is 0.877. The Labute approximate surface area is 77.4 Å². The standard InChI is InChI=1S/C10H14O3/c1-6(11)13-5-8-2-7-3-9(8)10(12)4-7/h2,7,9-10,12H,3-5H2,1H3. The molecule has 0 heterocycles. The summed E-state index contributed by atoms with van der Waals surface area (Å²) in [7, 11) is 0. The van der Waals surface area contributed by atoms with E-state index < -0.39 is 0 Å². The smallest absolute Gasteiger partial charge is 0.302 e. The normalized spacial score (nSPS) is 36.2. The maximum atomic E-state index is 10.6. The molecule has 2 aliphatic rings. The predicted molar refractivity (Wildman–Crippen MR) is 46.9 cm³/mol. The van der Waals surface area contributed by atoms with Crippen LogP contribution in [0.1, 0.15) is 19.8 Å². The molecule has 13 heavy (non-hydrogen) atoms. The molecule has 2 aliphatic carbocycles. The molecular weight excluding hydrogens is 168 g/mol. The van der Waals surface area contributed by atoms with Gasteiger partial charge in [0.2, 0.25) is 0 Å². The summed E-state index contributed by atoms with van der Waals surface area (Å²) in [6.45, 7) is 1.78. The van der Waals surface area contributed by atoms with Crippen LogP contribution >= 0.6 is 0 Å². The fourth-order valence-electron chi connectivity index (χ4n) is 2.35. The van der Waals surface area contributed by atoms with Crippen LogP contribution in [-0.2, 0) is 9.53 Å². The summed E-state index contributed by atoms with van der Waals surface area (Å²) in [6.07, 6.45) is 3.87. The van der Waals surface area contributed by atoms with Crippen molar-refractivity contribution in [2.24, 2.45) is 11.8 Å². The first kappa shape index (κ1) is 8.75. The second kappa shape index (κ2) is 3.14. The Kier molecular flexibility index (Phi) is 2.12. The lowest BCUT2D eigenvalue weighted by atomic mass is 9.96. The molecule has 72 valence electrons. The van der Waals surface area contributed by atoms with Crippen molar-refractivity contribution in [3.63, 3.8) is 0 Å². The van der Waals surface area contributed by atoms with E-state index in [-0.39, 0.29) is 18.0 Å². The van der Waals surface area contributed by atoms with Crippen LogP contribution < -0.4 is 0 Å². The summed E-state index contributed by atoms with van der Waals surface area (Å²) < 4.78 is 4.91. The van der Waals surface area contributed by atoms with Gasteiger partial charge in [-0.2, -0.15) is 0 Å². The number of hydrogen-bond acceptors (Lipinski definition) is 3. The van der Waals surface area contributed by atoms with Gasteiger partial charge in [0.25, 0.3) is 0 Å². The minimum absolute atomic E-state index is 0.208. The molecule has 0 spiro atoms. The molecule has 3 atom stereocenters. The molecule has 0 amide bonds. The van der Waals surface area contributed by atoms with Crippen LogP contribution in [0.4, 0.5) is 0 Å². The van der Waals surface area contributed by atoms with Gasteiger partial charge in [0, 0.05) is 12.8 Å². The number of rotatable bonds is 2. The van der Waals surface area contributed by atoms with Gasteiger partial charge >= 0.3 is 5.97 Å². The molecule has 0 saturated heterocycles. The third-order valence-corrected chi connectivity index (χ3v) is 2.93. The minimum atomic E-state index is -0.252. The Bertz CT molecular complexity index is 257. The lowest BCUT2D eigenvalue weighted by Crippen LogP contribution is -2.20. The van der Waals surface area contributed by atoms with E-state index in [4.69, 9.17) is 4.74 Å². The van der Waals surface area contributed by atoms with E-state index in [1.807, 2.05) is 0 Å². The molecule has 3 nitrogen and oxygen atoms in total. The Morgan fingerprint density at radius 3 is 3.00 bits per heavy atom. The third-order valence-electron chi connectivity index (χ3n) is 2.93. The van der Waals surface area contributed by atoms with Crippen molar-refractivity contribution in [2.75, 3.05) is 6.61 Å². The fraction of sp³-hybridized carbons (Fsp3) is 0.700. The highest BCUT2D eigenvalue weighted by molar-refractivity contribution is 5.66. The molecule has 1 fully saturated rings. The Morgan fingerprint density at radius 2 is 2.46 bits per heavy atom. The molecule has 0 aromatic carbocycles. The average Bonchev–Trinajstić information content (AvgIpc) is 2.58. The Morgan fingerprint density at radius 1 is 1.69 bits per heavy atom. The molecule has 0 aromatic rings. The van der Waals surface area contributed by atoms with Gasteiger partial charge in [-0.25, -0.2) is 0 Å². The maximum absolute atomic E-state index is 10.6. The summed E-state index contributed by atoms with van der Waals surface area (Å²) in [4.78, 5) is 10.6. The highest BCUT2D eigenvalue weighted by atomic mass is 16.5. The number of carbonyl (C=O) groups excluding carboxylic acids is 1. The minimum Gasteiger partial charge on any atom is -0.461 e. The number of fused-ring (bicyclic) bond motifs is 2. The molecule has 0 radical (unpaired) electrons. The van der Waals surface area contributed by atoms with Gasteiger partial charge in [0.15, 0.2) is 0 Å². The van der Waals surface area contributed by atoms with Gasteiger partial charge in [-0.05, 0) is 24.3 Å². The van der Waals surface area contributed by atoms with Crippen molar-refractivity contribution in [3.8, 4) is 0 Å². The molecule has 3 heteroatoms. The van der Waals surface area contributed by atoms with Crippen molar-refractivity contribution >= 4 is 5.97 Å². The number of aliphatic hydroxyl groups is 1. The fourth-order valence-corrected chi connectivity index (χ4v) is 2.35. The second-order valence-corrected chi connectivity index (χ2v) is 3.93. The molecule has 3 unspecified atom stereocenters. The summed E-state index contributed by atoms with van der Waals surface area (Å²) in [5.74, 6) is 0.521. The first-order valence-electron chi connectivity index (χ1n) is 4.69. The van der Waals surface area contributed by atoms with E-state index >= 15 is 0 Å². The van der Waals surface area contributed by atoms with Crippen LogP contribution in [0.25, 0.3) is 0 Å². The summed E-state index contributed by atoms with van der Waals surface area (Å²) in [6, 6.07) is 0. The lowest BCUT2D eigenvalue weighted by Gasteiger charge is -2.18. The highest BCUT2D eigenvalue weighted by Crippen LogP contribution is 2.43. The van der Waals surface area contributed by atoms with E-state index in [0.717, 1.165) is 18.4 Å². The average molecular weight is 182 g/mol. The molecule has 0 aromatic heterocycles. The van der Waals surface area contributed by atoms with Crippen LogP contribution in [0.5, 0.6) is 0 Å². The Hall–Kier alpha value is -0.830. The zero-order chi connectivity index (χ0) is 9.42. The Balaban J connectivity index is 1.94. The van der Waals surface area contributed by atoms with Crippen molar-refractivity contribution in [2.45, 2.75) is 25.9 Å². The van der Waals surface area contributed by atoms with Gasteiger partial charge in [0.05, 0.1) is 6.10 Å². The van der Waals surface area contributed by atoms with Crippen LogP contribution in [0, 0.1) is 11.8 Å². The van der Waals surface area contributed by atoms with E-state index in [1.54, 1.807) is 0 Å². The number of hydrogen-bond donors (Lipinski definition) is 1. The molecule has 1 N–H and O–H groups in total. The molecule has 0 aliphatic heterocycles. The molecule has 2 rings (SSSR count). The van der Waals surface area contributed by atoms with E-state index in [2.05, 4.69) is 6.08 Å². The zero-order valence-corrected chi connectivity index (χ0v) is 7.69. The van der Waals surface area contributed by atoms with Gasteiger partial charge in [0.1, 0.15) is 6.61 Å². The van der Waals surface area contributed by atoms with Crippen LogP contribution in [0.2, 0.25) is 0 Å². The number of esters is 1. The number of carbonyl (C=O) groups is 1. The van der Waals surface area contributed by atoms with E-state index in [0.29, 0.717) is 12.5 Å². The summed E-state index contributed by atoms with van der Waals surface area (Å²) in [5.41, 5.74) is 1.11. The van der Waals surface area contributed by atoms with Crippen LogP contribution in [0.15, 0.2) is 11.6 Å². The van der Waals surface area contributed by atoms with Crippen molar-refractivity contribution in [3.05, 3.63) is 11.6 Å². The first-order valence-corrected chi connectivity index (χ1v) is 4.69. The highest BCUT2D eigenvalue weighted by Gasteiger charge is 2.39. The monoisotopic (exact) mass is 182 g/mol. The number of aliphatic hydroxyl groups excluding tert-OH is 1. The van der Waals surface area contributed by atoms with E-state index in [9.17, 15) is 9.90 Å². The third kappa shape index (κ3) is 1.61. The van der Waals surface area contributed by atoms with Gasteiger partial charge in [-0.15, -0.1) is 0 Å². The molecule has 1 saturated carbocycles. The molecule has 2 bridgehead atoms. The number of ether oxygens (including phenoxy) is 1. The SMILES string of the molecule is CC(=O)OCC1=CC2CC(O)C1C2. The van der Waals surface area contributed by atoms with E-state index in [1.165, 1.54) is 6.92 Å². The second-order valence-electron chi connectivity index (χ2n) is 3.93. The van der Waals surface area contributed by atoms with Crippen LogP contribution in [0.3, 0.4) is 0 Å². The lowest BCUT2D eigenvalue weighted by molar-refractivity contribution is -0.140. The van der Waals surface area contributed by atoms with Crippen LogP contribution in [-0.4, -0.2) is 23.8 Å². The van der Waals surface area contributed by atoms with Crippen molar-refractivity contribution in [1.82, 2.24) is 0 Å². The number of allylic oxidation sites excluding steroid dienone is 1. The topological polar surface area (TPSA) is 46.5 Å². The largest absolute Gasteiger partial charge is 0.461 e. The molecular formula is C10H14O3. The first-order chi connectivity index (χ1) is 6.16. The van der Waals surface area contributed by atoms with Crippen molar-refractivity contribution < 1.29 is 14.6 Å². The van der Waals surface area contributed by atoms with Gasteiger partial charge < -0.3 is 9.84 Å². The summed E-state index contributed by atoms with van der Waals surface area (Å²) in [5, 5.41) is 9.57. The summed E-state index contributed by atoms with van der Waals surface area (Å²) >= 11 is 0. The zero-order valence-electron chi connectivity index (χ0n) is 7.69. The quantitative estimate of drug-likeness (QED) is 0.509.